The number of terminal acetylenes is 1. The Morgan fingerprint density at radius 3 is 2.95 bits per heavy atom. The second-order valence-electron chi connectivity index (χ2n) is 3.54. The summed E-state index contributed by atoms with van der Waals surface area (Å²) < 4.78 is 6.80. The predicted molar refractivity (Wildman–Crippen MR) is 67.8 cm³/mol. The third-order valence-electron chi connectivity index (χ3n) is 2.08. The molecule has 0 saturated heterocycles. The summed E-state index contributed by atoms with van der Waals surface area (Å²) in [7, 11) is 0. The van der Waals surface area contributed by atoms with Crippen LogP contribution in [0.3, 0.4) is 0 Å². The van der Waals surface area contributed by atoms with Crippen molar-refractivity contribution in [3.8, 4) is 24.3 Å². The summed E-state index contributed by atoms with van der Waals surface area (Å²) in [5.74, 6) is 3.14. The van der Waals surface area contributed by atoms with E-state index in [1.54, 1.807) is 6.92 Å². The molecule has 2 aromatic heterocycles. The Morgan fingerprint density at radius 2 is 2.32 bits per heavy atom. The van der Waals surface area contributed by atoms with Gasteiger partial charge in [-0.2, -0.15) is 24.7 Å². The number of hydrogen-bond acceptors (Lipinski definition) is 7. The average Bonchev–Trinajstić information content (AvgIpc) is 2.92. The molecule has 0 saturated carbocycles. The average molecular weight is 259 g/mol. The van der Waals surface area contributed by atoms with E-state index in [1.807, 2.05) is 6.92 Å². The number of aromatic nitrogens is 6. The van der Waals surface area contributed by atoms with Crippen molar-refractivity contribution in [3.63, 3.8) is 0 Å². The third-order valence-corrected chi connectivity index (χ3v) is 2.08. The first-order valence-corrected chi connectivity index (χ1v) is 5.70. The molecule has 0 aliphatic rings. The van der Waals surface area contributed by atoms with Crippen LogP contribution in [-0.4, -0.2) is 42.4 Å². The van der Waals surface area contributed by atoms with Gasteiger partial charge in [0, 0.05) is 6.54 Å². The van der Waals surface area contributed by atoms with Crippen molar-refractivity contribution in [2.24, 2.45) is 0 Å². The SMILES string of the molecule is C#CC(C)Oc1nc(NCC)nc(-n2cncn2)n1. The van der Waals surface area contributed by atoms with E-state index >= 15 is 0 Å². The van der Waals surface area contributed by atoms with Gasteiger partial charge in [-0.05, 0) is 13.8 Å². The van der Waals surface area contributed by atoms with E-state index in [9.17, 15) is 0 Å². The first-order valence-electron chi connectivity index (χ1n) is 5.70. The largest absolute Gasteiger partial charge is 0.447 e. The Morgan fingerprint density at radius 1 is 1.47 bits per heavy atom. The minimum Gasteiger partial charge on any atom is -0.447 e. The highest BCUT2D eigenvalue weighted by molar-refractivity contribution is 5.29. The molecule has 8 nitrogen and oxygen atoms in total. The fourth-order valence-corrected chi connectivity index (χ4v) is 1.24. The van der Waals surface area contributed by atoms with Crippen LogP contribution in [-0.2, 0) is 0 Å². The molecular weight excluding hydrogens is 246 g/mol. The van der Waals surface area contributed by atoms with Gasteiger partial charge in [0.25, 0.3) is 5.95 Å². The number of ether oxygens (including phenoxy) is 1. The van der Waals surface area contributed by atoms with E-state index in [2.05, 4.69) is 36.3 Å². The maximum Gasteiger partial charge on any atom is 0.324 e. The van der Waals surface area contributed by atoms with Crippen molar-refractivity contribution in [1.82, 2.24) is 29.7 Å². The van der Waals surface area contributed by atoms with Crippen LogP contribution >= 0.6 is 0 Å². The van der Waals surface area contributed by atoms with Gasteiger partial charge < -0.3 is 10.1 Å². The second kappa shape index (κ2) is 5.77. The molecule has 0 aliphatic heterocycles. The zero-order valence-electron chi connectivity index (χ0n) is 10.6. The van der Waals surface area contributed by atoms with Crippen LogP contribution < -0.4 is 10.1 Å². The Labute approximate surface area is 110 Å². The highest BCUT2D eigenvalue weighted by Crippen LogP contribution is 2.11. The first-order chi connectivity index (χ1) is 9.22. The molecule has 1 atom stereocenters. The van der Waals surface area contributed by atoms with Crippen molar-refractivity contribution < 1.29 is 4.74 Å². The molecule has 2 aromatic rings. The molecule has 0 amide bonds. The van der Waals surface area contributed by atoms with E-state index < -0.39 is 6.10 Å². The van der Waals surface area contributed by atoms with Crippen LogP contribution in [0, 0.1) is 12.3 Å². The second-order valence-corrected chi connectivity index (χ2v) is 3.54. The van der Waals surface area contributed by atoms with E-state index in [0.717, 1.165) is 0 Å². The summed E-state index contributed by atoms with van der Waals surface area (Å²) in [6.07, 6.45) is 7.71. The maximum absolute atomic E-state index is 5.39. The van der Waals surface area contributed by atoms with Crippen LogP contribution in [0.25, 0.3) is 5.95 Å². The van der Waals surface area contributed by atoms with E-state index in [4.69, 9.17) is 11.2 Å². The molecule has 2 heterocycles. The Balaban J connectivity index is 2.35. The van der Waals surface area contributed by atoms with Gasteiger partial charge >= 0.3 is 6.01 Å². The van der Waals surface area contributed by atoms with Gasteiger partial charge in [0.15, 0.2) is 6.10 Å². The van der Waals surface area contributed by atoms with Crippen molar-refractivity contribution >= 4 is 5.95 Å². The number of anilines is 1. The Kier molecular flexibility index (Phi) is 3.87. The lowest BCUT2D eigenvalue weighted by Crippen LogP contribution is -2.15. The van der Waals surface area contributed by atoms with Crippen LogP contribution in [0.2, 0.25) is 0 Å². The molecule has 19 heavy (non-hydrogen) atoms. The van der Waals surface area contributed by atoms with Gasteiger partial charge in [0.1, 0.15) is 12.7 Å². The third kappa shape index (κ3) is 3.16. The molecule has 0 bridgehead atoms. The number of nitrogens with one attached hydrogen (secondary N) is 1. The van der Waals surface area contributed by atoms with Gasteiger partial charge in [-0.15, -0.1) is 6.42 Å². The number of nitrogens with zero attached hydrogens (tertiary/aromatic N) is 6. The molecule has 0 aromatic carbocycles. The topological polar surface area (TPSA) is 90.6 Å². The smallest absolute Gasteiger partial charge is 0.324 e. The predicted octanol–water partition coefficient (Wildman–Crippen LogP) is 0.285. The van der Waals surface area contributed by atoms with Gasteiger partial charge in [-0.25, -0.2) is 4.98 Å². The molecule has 8 heteroatoms. The van der Waals surface area contributed by atoms with Gasteiger partial charge in [0.05, 0.1) is 0 Å². The van der Waals surface area contributed by atoms with Crippen LogP contribution in [0.15, 0.2) is 12.7 Å². The lowest BCUT2D eigenvalue weighted by atomic mass is 10.4. The van der Waals surface area contributed by atoms with Crippen molar-refractivity contribution in [2.75, 3.05) is 11.9 Å². The minimum atomic E-state index is -0.430. The minimum absolute atomic E-state index is 0.141. The first kappa shape index (κ1) is 12.8. The van der Waals surface area contributed by atoms with E-state index in [-0.39, 0.29) is 6.01 Å². The molecule has 98 valence electrons. The van der Waals surface area contributed by atoms with Gasteiger partial charge in [-0.3, -0.25) is 0 Å². The van der Waals surface area contributed by atoms with Crippen LogP contribution in [0.1, 0.15) is 13.8 Å². The summed E-state index contributed by atoms with van der Waals surface area (Å²) in [4.78, 5) is 16.3. The van der Waals surface area contributed by atoms with Crippen LogP contribution in [0.5, 0.6) is 6.01 Å². The summed E-state index contributed by atoms with van der Waals surface area (Å²) >= 11 is 0. The maximum atomic E-state index is 5.39. The molecule has 1 unspecified atom stereocenters. The molecule has 0 radical (unpaired) electrons. The molecule has 0 aliphatic carbocycles. The molecule has 1 N–H and O–H groups in total. The Bertz CT molecular complexity index is 575. The highest BCUT2D eigenvalue weighted by Gasteiger charge is 2.11. The zero-order valence-corrected chi connectivity index (χ0v) is 10.6. The fraction of sp³-hybridized carbons (Fsp3) is 0.364. The zero-order chi connectivity index (χ0) is 13.7. The standard InChI is InChI=1S/C11H13N7O/c1-4-8(3)19-11-16-9(13-5-2)15-10(17-11)18-7-12-6-14-18/h1,6-8H,5H2,2-3H3,(H,13,15,16,17). The summed E-state index contributed by atoms with van der Waals surface area (Å²) in [5, 5.41) is 6.94. The monoisotopic (exact) mass is 259 g/mol. The number of rotatable bonds is 5. The molecule has 0 fully saturated rings. The highest BCUT2D eigenvalue weighted by atomic mass is 16.5. The fourth-order valence-electron chi connectivity index (χ4n) is 1.24. The Hall–Kier alpha value is -2.69. The number of hydrogen-bond donors (Lipinski definition) is 1. The summed E-state index contributed by atoms with van der Waals surface area (Å²) in [6.45, 7) is 4.33. The molecule has 0 spiro atoms. The lowest BCUT2D eigenvalue weighted by Gasteiger charge is -2.09. The van der Waals surface area contributed by atoms with Crippen LogP contribution in [0.4, 0.5) is 5.95 Å². The summed E-state index contributed by atoms with van der Waals surface area (Å²) in [5.41, 5.74) is 0. The van der Waals surface area contributed by atoms with Crippen molar-refractivity contribution in [1.29, 1.82) is 0 Å². The summed E-state index contributed by atoms with van der Waals surface area (Å²) in [6, 6.07) is 0.141. The van der Waals surface area contributed by atoms with E-state index in [1.165, 1.54) is 17.3 Å². The van der Waals surface area contributed by atoms with Gasteiger partial charge in [0.2, 0.25) is 5.95 Å². The quantitative estimate of drug-likeness (QED) is 0.771. The van der Waals surface area contributed by atoms with Crippen molar-refractivity contribution in [2.45, 2.75) is 20.0 Å². The normalized spacial score (nSPS) is 11.6. The van der Waals surface area contributed by atoms with E-state index in [0.29, 0.717) is 18.4 Å². The van der Waals surface area contributed by atoms with Gasteiger partial charge in [-0.1, -0.05) is 5.92 Å². The van der Waals surface area contributed by atoms with Crippen molar-refractivity contribution in [3.05, 3.63) is 12.7 Å². The molecule has 2 rings (SSSR count). The molecular formula is C11H13N7O. The lowest BCUT2D eigenvalue weighted by molar-refractivity contribution is 0.255.